The van der Waals surface area contributed by atoms with Gasteiger partial charge in [0.2, 0.25) is 0 Å². The zero-order valence-corrected chi connectivity index (χ0v) is 10.1. The van der Waals surface area contributed by atoms with Crippen molar-refractivity contribution in [3.8, 4) is 0 Å². The molecule has 0 aliphatic heterocycles. The van der Waals surface area contributed by atoms with Gasteiger partial charge >= 0.3 is 0 Å². The van der Waals surface area contributed by atoms with Crippen LogP contribution in [0, 0.1) is 0 Å². The van der Waals surface area contributed by atoms with Crippen LogP contribution in [0.25, 0.3) is 0 Å². The molecule has 0 fully saturated rings. The van der Waals surface area contributed by atoms with Crippen LogP contribution in [0.2, 0.25) is 0 Å². The van der Waals surface area contributed by atoms with Gasteiger partial charge in [0.1, 0.15) is 12.2 Å². The molecule has 0 spiro atoms. The Morgan fingerprint density at radius 3 is 1.18 bits per heavy atom. The molecule has 0 bridgehead atoms. The summed E-state index contributed by atoms with van der Waals surface area (Å²) in [5.41, 5.74) is 1.44. The minimum atomic E-state index is -0.886. The van der Waals surface area contributed by atoms with Crippen molar-refractivity contribution in [2.24, 2.45) is 0 Å². The Hall–Kier alpha value is -1.12. The van der Waals surface area contributed by atoms with Crippen LogP contribution in [-0.2, 0) is 17.1 Å². The first-order chi connectivity index (χ1) is 7.79. The molecule has 17 heavy (non-hydrogen) atoms. The van der Waals surface area contributed by atoms with Gasteiger partial charge in [-0.05, 0) is 11.1 Å². The maximum absolute atomic E-state index is 9.99. The van der Waals surface area contributed by atoms with E-state index >= 15 is 0 Å². The number of rotatable bonds is 3. The van der Waals surface area contributed by atoms with Crippen molar-refractivity contribution in [3.63, 3.8) is 0 Å². The van der Waals surface area contributed by atoms with Gasteiger partial charge in [-0.1, -0.05) is 60.7 Å². The molecular weight excluding hydrogens is 264 g/mol. The van der Waals surface area contributed by atoms with Crippen LogP contribution in [0.1, 0.15) is 23.3 Å². The third-order valence-electron chi connectivity index (χ3n) is 2.58. The molecule has 2 N–H and O–H groups in total. The van der Waals surface area contributed by atoms with Crippen LogP contribution in [-0.4, -0.2) is 10.2 Å². The molecule has 93 valence electrons. The zero-order valence-electron chi connectivity index (χ0n) is 9.12. The third-order valence-corrected chi connectivity index (χ3v) is 2.58. The molecule has 0 amide bonds. The van der Waals surface area contributed by atoms with Crippen molar-refractivity contribution in [3.05, 3.63) is 71.8 Å². The second kappa shape index (κ2) is 6.57. The Morgan fingerprint density at radius 1 is 0.588 bits per heavy atom. The van der Waals surface area contributed by atoms with E-state index in [1.54, 1.807) is 24.3 Å². The van der Waals surface area contributed by atoms with Crippen LogP contribution in [0.3, 0.4) is 0 Å². The summed E-state index contributed by atoms with van der Waals surface area (Å²) in [5, 5.41) is 20.0. The molecular formula is C14H14CuO2. The van der Waals surface area contributed by atoms with Crippen molar-refractivity contribution < 1.29 is 27.3 Å². The predicted octanol–water partition coefficient (Wildman–Crippen LogP) is 2.45. The summed E-state index contributed by atoms with van der Waals surface area (Å²) in [7, 11) is 0. The minimum Gasteiger partial charge on any atom is -0.385 e. The number of hydrogen-bond donors (Lipinski definition) is 2. The van der Waals surface area contributed by atoms with E-state index in [2.05, 4.69) is 0 Å². The second-order valence-corrected chi connectivity index (χ2v) is 3.71. The fourth-order valence-corrected chi connectivity index (χ4v) is 1.67. The average molecular weight is 278 g/mol. The van der Waals surface area contributed by atoms with Crippen LogP contribution in [0.4, 0.5) is 0 Å². The Morgan fingerprint density at radius 2 is 0.882 bits per heavy atom. The van der Waals surface area contributed by atoms with Gasteiger partial charge in [-0.15, -0.1) is 0 Å². The van der Waals surface area contributed by atoms with Crippen LogP contribution < -0.4 is 0 Å². The largest absolute Gasteiger partial charge is 0.385 e. The molecule has 2 aromatic rings. The SMILES string of the molecule is OC(c1ccccc1)C(O)c1ccccc1.[Cu]. The first kappa shape index (κ1) is 13.9. The summed E-state index contributed by atoms with van der Waals surface area (Å²) >= 11 is 0. The molecule has 0 heterocycles. The van der Waals surface area contributed by atoms with E-state index in [0.717, 1.165) is 11.1 Å². The van der Waals surface area contributed by atoms with E-state index < -0.39 is 12.2 Å². The van der Waals surface area contributed by atoms with E-state index in [1.807, 2.05) is 36.4 Å². The number of aliphatic hydroxyl groups is 2. The van der Waals surface area contributed by atoms with E-state index in [9.17, 15) is 10.2 Å². The van der Waals surface area contributed by atoms with E-state index in [-0.39, 0.29) is 17.1 Å². The van der Waals surface area contributed by atoms with Gasteiger partial charge in [-0.25, -0.2) is 0 Å². The van der Waals surface area contributed by atoms with Gasteiger partial charge in [0, 0.05) is 17.1 Å². The molecule has 0 saturated heterocycles. The molecule has 0 aliphatic rings. The average Bonchev–Trinajstić information content (AvgIpc) is 2.39. The maximum atomic E-state index is 9.99. The Kier molecular flexibility index (Phi) is 5.39. The van der Waals surface area contributed by atoms with Gasteiger partial charge < -0.3 is 10.2 Å². The Bertz CT molecular complexity index is 387. The number of aliphatic hydroxyl groups excluding tert-OH is 2. The fraction of sp³-hybridized carbons (Fsp3) is 0.143. The topological polar surface area (TPSA) is 40.5 Å². The Balaban J connectivity index is 0.00000144. The normalized spacial score (nSPS) is 13.5. The fourth-order valence-electron chi connectivity index (χ4n) is 1.67. The van der Waals surface area contributed by atoms with Gasteiger partial charge in [0.15, 0.2) is 0 Å². The summed E-state index contributed by atoms with van der Waals surface area (Å²) in [4.78, 5) is 0. The van der Waals surface area contributed by atoms with Crippen molar-refractivity contribution in [2.45, 2.75) is 12.2 Å². The smallest absolute Gasteiger partial charge is 0.109 e. The maximum Gasteiger partial charge on any atom is 0.109 e. The Labute approximate surface area is 111 Å². The standard InChI is InChI=1S/C14H14O2.Cu/c15-13(11-7-3-1-4-8-11)14(16)12-9-5-2-6-10-12;/h1-10,13-16H;. The van der Waals surface area contributed by atoms with Crippen molar-refractivity contribution in [1.82, 2.24) is 0 Å². The molecule has 2 atom stereocenters. The van der Waals surface area contributed by atoms with Gasteiger partial charge in [0.05, 0.1) is 0 Å². The third kappa shape index (κ3) is 3.42. The molecule has 1 radical (unpaired) electrons. The first-order valence-electron chi connectivity index (χ1n) is 5.25. The summed E-state index contributed by atoms with van der Waals surface area (Å²) in [6, 6.07) is 18.3. The summed E-state index contributed by atoms with van der Waals surface area (Å²) in [6.45, 7) is 0. The molecule has 0 aliphatic carbocycles. The van der Waals surface area contributed by atoms with Gasteiger partial charge in [-0.2, -0.15) is 0 Å². The molecule has 2 nitrogen and oxygen atoms in total. The van der Waals surface area contributed by atoms with Gasteiger partial charge in [0.25, 0.3) is 0 Å². The van der Waals surface area contributed by atoms with Crippen molar-refractivity contribution >= 4 is 0 Å². The van der Waals surface area contributed by atoms with E-state index in [0.29, 0.717) is 0 Å². The minimum absolute atomic E-state index is 0. The summed E-state index contributed by atoms with van der Waals surface area (Å²) in [5.74, 6) is 0. The monoisotopic (exact) mass is 277 g/mol. The molecule has 2 aromatic carbocycles. The molecule has 2 rings (SSSR count). The van der Waals surface area contributed by atoms with E-state index in [1.165, 1.54) is 0 Å². The predicted molar refractivity (Wildman–Crippen MR) is 62.8 cm³/mol. The van der Waals surface area contributed by atoms with Crippen LogP contribution >= 0.6 is 0 Å². The quantitative estimate of drug-likeness (QED) is 0.846. The van der Waals surface area contributed by atoms with E-state index in [4.69, 9.17) is 0 Å². The number of benzene rings is 2. The van der Waals surface area contributed by atoms with Gasteiger partial charge in [-0.3, -0.25) is 0 Å². The first-order valence-corrected chi connectivity index (χ1v) is 5.25. The zero-order chi connectivity index (χ0) is 11.4. The van der Waals surface area contributed by atoms with Crippen LogP contribution in [0.5, 0.6) is 0 Å². The number of hydrogen-bond acceptors (Lipinski definition) is 2. The molecule has 0 aromatic heterocycles. The van der Waals surface area contributed by atoms with Crippen molar-refractivity contribution in [1.29, 1.82) is 0 Å². The molecule has 3 heteroatoms. The van der Waals surface area contributed by atoms with Crippen LogP contribution in [0.15, 0.2) is 60.7 Å². The second-order valence-electron chi connectivity index (χ2n) is 3.71. The summed E-state index contributed by atoms with van der Waals surface area (Å²) in [6.07, 6.45) is -1.77. The summed E-state index contributed by atoms with van der Waals surface area (Å²) < 4.78 is 0. The molecule has 2 unspecified atom stereocenters. The van der Waals surface area contributed by atoms with Crippen molar-refractivity contribution in [2.75, 3.05) is 0 Å². The molecule has 0 saturated carbocycles.